The highest BCUT2D eigenvalue weighted by Crippen LogP contribution is 2.35. The van der Waals surface area contributed by atoms with E-state index in [1.54, 1.807) is 6.20 Å². The number of aliphatic hydroxyl groups is 1. The fourth-order valence-electron chi connectivity index (χ4n) is 3.89. The molecule has 0 spiro atoms. The number of benzene rings is 2. The van der Waals surface area contributed by atoms with Crippen LogP contribution in [-0.2, 0) is 0 Å². The summed E-state index contributed by atoms with van der Waals surface area (Å²) in [6, 6.07) is 16.7. The number of aliphatic hydroxyl groups excluding tert-OH is 1. The number of hydrogen-bond acceptors (Lipinski definition) is 2. The molecule has 2 nitrogen and oxygen atoms in total. The molecule has 0 bridgehead atoms. The smallest absolute Gasteiger partial charge is 0.0821 e. The van der Waals surface area contributed by atoms with E-state index < -0.39 is 6.10 Å². The molecule has 140 valence electrons. The fraction of sp³-hybridized carbons (Fsp3) is 0.320. The molecule has 0 aliphatic heterocycles. The van der Waals surface area contributed by atoms with E-state index in [-0.39, 0.29) is 5.92 Å². The third-order valence-corrected chi connectivity index (χ3v) is 5.13. The summed E-state index contributed by atoms with van der Waals surface area (Å²) in [5.74, 6) is 0.717. The summed E-state index contributed by atoms with van der Waals surface area (Å²) in [5.41, 5.74) is 4.31. The predicted molar refractivity (Wildman–Crippen MR) is 115 cm³/mol. The molecular formula is C25H29NO. The van der Waals surface area contributed by atoms with Gasteiger partial charge in [0.25, 0.3) is 0 Å². The summed E-state index contributed by atoms with van der Waals surface area (Å²) in [4.78, 5) is 4.24. The first kappa shape index (κ1) is 19.3. The Bertz CT molecular complexity index is 927. The number of rotatable bonds is 6. The highest BCUT2D eigenvalue weighted by molar-refractivity contribution is 5.99. The summed E-state index contributed by atoms with van der Waals surface area (Å²) >= 11 is 0. The lowest BCUT2D eigenvalue weighted by Gasteiger charge is -2.26. The van der Waals surface area contributed by atoms with Gasteiger partial charge >= 0.3 is 0 Å². The van der Waals surface area contributed by atoms with Crippen LogP contribution in [0.3, 0.4) is 0 Å². The Morgan fingerprint density at radius 2 is 1.81 bits per heavy atom. The maximum atomic E-state index is 11.3. The minimum absolute atomic E-state index is 0.172. The van der Waals surface area contributed by atoms with E-state index in [9.17, 15) is 5.11 Å². The topological polar surface area (TPSA) is 33.1 Å². The first-order valence-corrected chi connectivity index (χ1v) is 9.75. The average molecular weight is 360 g/mol. The van der Waals surface area contributed by atoms with Gasteiger partial charge in [0, 0.05) is 12.4 Å². The Hall–Kier alpha value is -2.45. The summed E-state index contributed by atoms with van der Waals surface area (Å²) in [6.45, 7) is 8.68. The molecule has 1 N–H and O–H groups in total. The van der Waals surface area contributed by atoms with Crippen LogP contribution < -0.4 is 0 Å². The first-order chi connectivity index (χ1) is 13.0. The summed E-state index contributed by atoms with van der Waals surface area (Å²) in [5, 5.41) is 13.7. The van der Waals surface area contributed by atoms with Gasteiger partial charge in [-0.3, -0.25) is 4.98 Å². The van der Waals surface area contributed by atoms with Crippen LogP contribution in [0.15, 0.2) is 60.9 Å². The van der Waals surface area contributed by atoms with Gasteiger partial charge in [-0.1, -0.05) is 63.2 Å². The molecule has 0 aliphatic rings. The molecular weight excluding hydrogens is 330 g/mol. The van der Waals surface area contributed by atoms with Crippen molar-refractivity contribution in [3.05, 3.63) is 77.6 Å². The normalized spacial score (nSPS) is 14.5. The average Bonchev–Trinajstić information content (AvgIpc) is 2.66. The number of fused-ring (bicyclic) bond motifs is 1. The lowest BCUT2D eigenvalue weighted by atomic mass is 9.83. The zero-order valence-corrected chi connectivity index (χ0v) is 16.7. The third-order valence-electron chi connectivity index (χ3n) is 5.13. The Morgan fingerprint density at radius 3 is 2.52 bits per heavy atom. The van der Waals surface area contributed by atoms with Crippen molar-refractivity contribution in [2.24, 2.45) is 11.8 Å². The number of nitrogens with zero attached hydrogens (tertiary/aromatic N) is 1. The number of hydrogen-bond donors (Lipinski definition) is 1. The molecule has 2 unspecified atom stereocenters. The van der Waals surface area contributed by atoms with Gasteiger partial charge in [0.2, 0.25) is 0 Å². The maximum absolute atomic E-state index is 11.3. The quantitative estimate of drug-likeness (QED) is 0.574. The van der Waals surface area contributed by atoms with E-state index in [0.29, 0.717) is 5.92 Å². The first-order valence-electron chi connectivity index (χ1n) is 9.75. The maximum Gasteiger partial charge on any atom is 0.0821 e. The second kappa shape index (κ2) is 8.49. The Labute approximate surface area is 162 Å². The van der Waals surface area contributed by atoms with Gasteiger partial charge in [-0.05, 0) is 70.4 Å². The van der Waals surface area contributed by atoms with E-state index in [1.165, 1.54) is 16.3 Å². The summed E-state index contributed by atoms with van der Waals surface area (Å²) in [7, 11) is 0. The van der Waals surface area contributed by atoms with Crippen LogP contribution in [0.25, 0.3) is 22.4 Å². The monoisotopic (exact) mass is 359 g/mol. The van der Waals surface area contributed by atoms with Crippen molar-refractivity contribution in [1.29, 1.82) is 0 Å². The molecule has 0 aliphatic carbocycles. The largest absolute Gasteiger partial charge is 0.388 e. The molecule has 2 heteroatoms. The van der Waals surface area contributed by atoms with E-state index >= 15 is 0 Å². The zero-order chi connectivity index (χ0) is 19.4. The Balaban J connectivity index is 2.19. The van der Waals surface area contributed by atoms with E-state index in [4.69, 9.17) is 0 Å². The van der Waals surface area contributed by atoms with Gasteiger partial charge in [-0.15, -0.1) is 0 Å². The molecule has 0 radical (unpaired) electrons. The molecule has 2 atom stereocenters. The van der Waals surface area contributed by atoms with Gasteiger partial charge in [-0.2, -0.15) is 0 Å². The molecule has 0 amide bonds. The van der Waals surface area contributed by atoms with Gasteiger partial charge in [0.05, 0.1) is 6.10 Å². The molecule has 0 saturated heterocycles. The fourth-order valence-corrected chi connectivity index (χ4v) is 3.89. The van der Waals surface area contributed by atoms with Crippen LogP contribution in [-0.4, -0.2) is 16.2 Å². The van der Waals surface area contributed by atoms with Gasteiger partial charge in [0.1, 0.15) is 0 Å². The highest BCUT2D eigenvalue weighted by atomic mass is 16.3. The standard InChI is InChI=1S/C25H29NO/c1-17(2)14-19(4)25(27)23(15-20-8-7-13-26-16-20)24-18(3)11-12-21-9-5-6-10-22(21)24/h5-13,15-17,19,25,27H,14H2,1-4H3. The van der Waals surface area contributed by atoms with Crippen molar-refractivity contribution >= 4 is 22.4 Å². The molecule has 3 aromatic rings. The third kappa shape index (κ3) is 4.45. The lowest BCUT2D eigenvalue weighted by molar-refractivity contribution is 0.157. The number of aryl methyl sites for hydroxylation is 1. The van der Waals surface area contributed by atoms with Crippen LogP contribution in [0.2, 0.25) is 0 Å². The Kier molecular flexibility index (Phi) is 6.08. The minimum atomic E-state index is -0.530. The van der Waals surface area contributed by atoms with Gasteiger partial charge < -0.3 is 5.11 Å². The van der Waals surface area contributed by atoms with Crippen LogP contribution in [0.4, 0.5) is 0 Å². The molecule has 3 rings (SSSR count). The van der Waals surface area contributed by atoms with Crippen molar-refractivity contribution in [2.45, 2.75) is 40.2 Å². The van der Waals surface area contributed by atoms with Crippen molar-refractivity contribution in [3.63, 3.8) is 0 Å². The SMILES string of the molecule is Cc1ccc2ccccc2c1C(=Cc1cccnc1)C(O)C(C)CC(C)C. The number of pyridine rings is 1. The molecule has 0 saturated carbocycles. The minimum Gasteiger partial charge on any atom is -0.388 e. The predicted octanol–water partition coefficient (Wildman–Crippen LogP) is 6.13. The second-order valence-corrected chi connectivity index (χ2v) is 7.92. The van der Waals surface area contributed by atoms with Crippen LogP contribution in [0.1, 0.15) is 43.9 Å². The van der Waals surface area contributed by atoms with E-state index in [0.717, 1.165) is 23.1 Å². The molecule has 27 heavy (non-hydrogen) atoms. The molecule has 1 aromatic heterocycles. The van der Waals surface area contributed by atoms with Crippen molar-refractivity contribution in [1.82, 2.24) is 4.98 Å². The van der Waals surface area contributed by atoms with Crippen LogP contribution in [0.5, 0.6) is 0 Å². The molecule has 2 aromatic carbocycles. The number of aromatic nitrogens is 1. The van der Waals surface area contributed by atoms with Crippen LogP contribution in [0, 0.1) is 18.8 Å². The molecule has 0 fully saturated rings. The van der Waals surface area contributed by atoms with Crippen LogP contribution >= 0.6 is 0 Å². The zero-order valence-electron chi connectivity index (χ0n) is 16.7. The second-order valence-electron chi connectivity index (χ2n) is 7.92. The van der Waals surface area contributed by atoms with Gasteiger partial charge in [-0.25, -0.2) is 0 Å². The van der Waals surface area contributed by atoms with Crippen molar-refractivity contribution in [2.75, 3.05) is 0 Å². The summed E-state index contributed by atoms with van der Waals surface area (Å²) < 4.78 is 0. The highest BCUT2D eigenvalue weighted by Gasteiger charge is 2.23. The van der Waals surface area contributed by atoms with E-state index in [1.807, 2.05) is 18.3 Å². The van der Waals surface area contributed by atoms with E-state index in [2.05, 4.69) is 75.2 Å². The summed E-state index contributed by atoms with van der Waals surface area (Å²) in [6.07, 6.45) is 6.17. The molecule has 1 heterocycles. The lowest BCUT2D eigenvalue weighted by Crippen LogP contribution is -2.21. The van der Waals surface area contributed by atoms with Crippen molar-refractivity contribution in [3.8, 4) is 0 Å². The van der Waals surface area contributed by atoms with Crippen molar-refractivity contribution < 1.29 is 5.11 Å². The van der Waals surface area contributed by atoms with Gasteiger partial charge in [0.15, 0.2) is 0 Å². The Morgan fingerprint density at radius 1 is 1.04 bits per heavy atom.